The van der Waals surface area contributed by atoms with Crippen LogP contribution in [0, 0.1) is 0 Å². The van der Waals surface area contributed by atoms with Crippen molar-refractivity contribution >= 4 is 29.0 Å². The highest BCUT2D eigenvalue weighted by atomic mass is 127. The molecular weight excluding hydrogens is 269 g/mol. The van der Waals surface area contributed by atoms with Crippen molar-refractivity contribution in [2.45, 2.75) is 26.4 Å². The minimum atomic E-state index is -0.429. The Morgan fingerprint density at radius 2 is 2.17 bits per heavy atom. The Hall–Kier alpha value is -0.260. The number of carbonyl (C=O) groups is 1. The summed E-state index contributed by atoms with van der Waals surface area (Å²) in [6.45, 7) is 9.53. The summed E-state index contributed by atoms with van der Waals surface area (Å²) in [5.74, 6) is 0. The molecule has 0 saturated heterocycles. The molecule has 0 heterocycles. The van der Waals surface area contributed by atoms with Gasteiger partial charge in [0.15, 0.2) is 0 Å². The molecular formula is C8H14INO2. The summed E-state index contributed by atoms with van der Waals surface area (Å²) in [6.07, 6.45) is 1.32. The Bertz CT molecular complexity index is 174. The number of halogens is 1. The maximum absolute atomic E-state index is 11.2. The van der Waals surface area contributed by atoms with Crippen LogP contribution in [-0.4, -0.2) is 21.4 Å². The van der Waals surface area contributed by atoms with Crippen molar-refractivity contribution in [3.8, 4) is 0 Å². The van der Waals surface area contributed by atoms with Crippen LogP contribution >= 0.6 is 22.9 Å². The van der Waals surface area contributed by atoms with Gasteiger partial charge in [0, 0.05) is 0 Å². The van der Waals surface area contributed by atoms with Gasteiger partial charge in [-0.25, -0.2) is 7.91 Å². The molecule has 1 amide bonds. The van der Waals surface area contributed by atoms with Gasteiger partial charge in [-0.1, -0.05) is 6.08 Å². The van der Waals surface area contributed by atoms with Crippen molar-refractivity contribution < 1.29 is 9.53 Å². The number of hydrogen-bond donors (Lipinski definition) is 0. The molecule has 0 aromatic rings. The fraction of sp³-hybridized carbons (Fsp3) is 0.625. The second kappa shape index (κ2) is 4.69. The van der Waals surface area contributed by atoms with Gasteiger partial charge >= 0.3 is 6.09 Å². The van der Waals surface area contributed by atoms with E-state index in [2.05, 4.69) is 6.58 Å². The van der Waals surface area contributed by atoms with Crippen molar-refractivity contribution in [3.63, 3.8) is 0 Å². The average molecular weight is 283 g/mol. The Morgan fingerprint density at radius 1 is 1.67 bits per heavy atom. The van der Waals surface area contributed by atoms with Crippen molar-refractivity contribution in [1.82, 2.24) is 3.11 Å². The molecule has 0 aliphatic heterocycles. The standard InChI is InChI=1S/C8H14INO2/c1-5-6-10(9)7(11)12-8(2,3)4/h5H,1,6H2,2-4H3. The molecule has 0 atom stereocenters. The SMILES string of the molecule is C=CCN(I)C(=O)OC(C)(C)C. The molecule has 4 heteroatoms. The van der Waals surface area contributed by atoms with E-state index in [1.165, 1.54) is 3.11 Å². The van der Waals surface area contributed by atoms with Gasteiger partial charge < -0.3 is 4.74 Å². The fourth-order valence-corrected chi connectivity index (χ4v) is 0.876. The first kappa shape index (κ1) is 11.7. The molecule has 0 bridgehead atoms. The predicted molar refractivity (Wildman–Crippen MR) is 57.2 cm³/mol. The Kier molecular flexibility index (Phi) is 4.59. The molecule has 3 nitrogen and oxygen atoms in total. The highest BCUT2D eigenvalue weighted by Gasteiger charge is 2.19. The van der Waals surface area contributed by atoms with Crippen LogP contribution < -0.4 is 0 Å². The molecule has 0 saturated carbocycles. The summed E-state index contributed by atoms with van der Waals surface area (Å²) in [7, 11) is 0. The topological polar surface area (TPSA) is 29.5 Å². The lowest BCUT2D eigenvalue weighted by Gasteiger charge is -2.22. The second-order valence-electron chi connectivity index (χ2n) is 3.31. The van der Waals surface area contributed by atoms with Crippen molar-refractivity contribution in [3.05, 3.63) is 12.7 Å². The van der Waals surface area contributed by atoms with Crippen molar-refractivity contribution in [2.24, 2.45) is 0 Å². The zero-order valence-corrected chi connectivity index (χ0v) is 9.79. The van der Waals surface area contributed by atoms with Gasteiger partial charge in [-0.15, -0.1) is 6.58 Å². The molecule has 0 aromatic heterocycles. The Balaban J connectivity index is 3.95. The fourth-order valence-electron chi connectivity index (χ4n) is 0.499. The summed E-state index contributed by atoms with van der Waals surface area (Å²) < 4.78 is 6.52. The summed E-state index contributed by atoms with van der Waals surface area (Å²) >= 11 is 1.90. The number of amides is 1. The molecule has 0 fully saturated rings. The van der Waals surface area contributed by atoms with E-state index in [9.17, 15) is 4.79 Å². The summed E-state index contributed by atoms with van der Waals surface area (Å²) in [5.41, 5.74) is -0.429. The Morgan fingerprint density at radius 3 is 2.50 bits per heavy atom. The first-order chi connectivity index (χ1) is 5.37. The number of hydrogen-bond acceptors (Lipinski definition) is 2. The highest BCUT2D eigenvalue weighted by molar-refractivity contribution is 14.1. The van der Waals surface area contributed by atoms with E-state index in [0.29, 0.717) is 6.54 Å². The average Bonchev–Trinajstić information content (AvgIpc) is 1.84. The van der Waals surface area contributed by atoms with E-state index in [4.69, 9.17) is 4.74 Å². The predicted octanol–water partition coefficient (Wildman–Crippen LogP) is 2.76. The lowest BCUT2D eigenvalue weighted by atomic mass is 10.2. The monoisotopic (exact) mass is 283 g/mol. The molecule has 0 unspecified atom stereocenters. The summed E-state index contributed by atoms with van der Waals surface area (Å²) in [6, 6.07) is 0. The Labute approximate surface area is 87.3 Å². The third-order valence-corrected chi connectivity index (χ3v) is 1.67. The molecule has 70 valence electrons. The first-order valence-corrected chi connectivity index (χ1v) is 4.60. The van der Waals surface area contributed by atoms with E-state index in [0.717, 1.165) is 0 Å². The third kappa shape index (κ3) is 5.40. The van der Waals surface area contributed by atoms with E-state index >= 15 is 0 Å². The van der Waals surface area contributed by atoms with Crippen LogP contribution in [0.25, 0.3) is 0 Å². The highest BCUT2D eigenvalue weighted by Crippen LogP contribution is 2.11. The summed E-state index contributed by atoms with van der Waals surface area (Å²) in [4.78, 5) is 11.2. The van der Waals surface area contributed by atoms with E-state index < -0.39 is 5.60 Å². The molecule has 0 radical (unpaired) electrons. The van der Waals surface area contributed by atoms with E-state index in [-0.39, 0.29) is 6.09 Å². The molecule has 0 rings (SSSR count). The first-order valence-electron chi connectivity index (χ1n) is 3.64. The van der Waals surface area contributed by atoms with Crippen LogP contribution in [0.15, 0.2) is 12.7 Å². The van der Waals surface area contributed by atoms with Gasteiger partial charge in [0.2, 0.25) is 0 Å². The number of nitrogens with zero attached hydrogens (tertiary/aromatic N) is 1. The van der Waals surface area contributed by atoms with Crippen LogP contribution in [0.4, 0.5) is 4.79 Å². The maximum Gasteiger partial charge on any atom is 0.419 e. The molecule has 0 N–H and O–H groups in total. The molecule has 0 spiro atoms. The normalized spacial score (nSPS) is 10.7. The van der Waals surface area contributed by atoms with Crippen molar-refractivity contribution in [2.75, 3.05) is 6.54 Å². The zero-order chi connectivity index (χ0) is 9.78. The van der Waals surface area contributed by atoms with Crippen molar-refractivity contribution in [1.29, 1.82) is 0 Å². The second-order valence-corrected chi connectivity index (χ2v) is 4.48. The van der Waals surface area contributed by atoms with Gasteiger partial charge in [0.1, 0.15) is 5.60 Å². The summed E-state index contributed by atoms with van der Waals surface area (Å²) in [5, 5.41) is 0. The number of carbonyl (C=O) groups excluding carboxylic acids is 1. The number of ether oxygens (including phenoxy) is 1. The van der Waals surface area contributed by atoms with E-state index in [1.807, 2.05) is 43.6 Å². The van der Waals surface area contributed by atoms with Crippen LogP contribution in [0.3, 0.4) is 0 Å². The van der Waals surface area contributed by atoms with Crippen LogP contribution in [-0.2, 0) is 4.74 Å². The molecule has 0 aromatic carbocycles. The van der Waals surface area contributed by atoms with Gasteiger partial charge in [0.25, 0.3) is 0 Å². The van der Waals surface area contributed by atoms with Crippen LogP contribution in [0.5, 0.6) is 0 Å². The maximum atomic E-state index is 11.2. The van der Waals surface area contributed by atoms with Gasteiger partial charge in [-0.2, -0.15) is 0 Å². The lowest BCUT2D eigenvalue weighted by Crippen LogP contribution is -2.30. The lowest BCUT2D eigenvalue weighted by molar-refractivity contribution is 0.0440. The van der Waals surface area contributed by atoms with Gasteiger partial charge in [-0.3, -0.25) is 0 Å². The van der Waals surface area contributed by atoms with E-state index in [1.54, 1.807) is 6.08 Å². The molecule has 12 heavy (non-hydrogen) atoms. The number of rotatable bonds is 2. The van der Waals surface area contributed by atoms with Crippen LogP contribution in [0.1, 0.15) is 20.8 Å². The molecule has 0 aliphatic rings. The quantitative estimate of drug-likeness (QED) is 0.443. The van der Waals surface area contributed by atoms with Gasteiger partial charge in [-0.05, 0) is 20.8 Å². The third-order valence-electron chi connectivity index (χ3n) is 0.881. The minimum absolute atomic E-state index is 0.331. The smallest absolute Gasteiger partial charge is 0.419 e. The minimum Gasteiger partial charge on any atom is -0.443 e. The molecule has 0 aliphatic carbocycles. The zero-order valence-electron chi connectivity index (χ0n) is 7.63. The largest absolute Gasteiger partial charge is 0.443 e. The van der Waals surface area contributed by atoms with Gasteiger partial charge in [0.05, 0.1) is 29.4 Å². The van der Waals surface area contributed by atoms with Crippen LogP contribution in [0.2, 0.25) is 0 Å².